The SMILES string of the molecule is COC1COCCC1N=[N+]=[N-]. The van der Waals surface area contributed by atoms with Gasteiger partial charge in [-0.3, -0.25) is 0 Å². The number of hydrogen-bond donors (Lipinski definition) is 0. The predicted molar refractivity (Wildman–Crippen MR) is 39.2 cm³/mol. The first kappa shape index (κ1) is 8.33. The Labute approximate surface area is 64.9 Å². The van der Waals surface area contributed by atoms with E-state index in [4.69, 9.17) is 15.0 Å². The van der Waals surface area contributed by atoms with Gasteiger partial charge >= 0.3 is 0 Å². The third-order valence-corrected chi connectivity index (χ3v) is 1.77. The summed E-state index contributed by atoms with van der Waals surface area (Å²) < 4.78 is 10.2. The van der Waals surface area contributed by atoms with E-state index in [1.165, 1.54) is 0 Å². The molecule has 1 rings (SSSR count). The highest BCUT2D eigenvalue weighted by Gasteiger charge is 2.23. The summed E-state index contributed by atoms with van der Waals surface area (Å²) in [6.45, 7) is 1.18. The molecule has 1 heterocycles. The van der Waals surface area contributed by atoms with Crippen molar-refractivity contribution in [3.63, 3.8) is 0 Å². The summed E-state index contributed by atoms with van der Waals surface area (Å²) >= 11 is 0. The van der Waals surface area contributed by atoms with Crippen LogP contribution in [0.1, 0.15) is 6.42 Å². The van der Waals surface area contributed by atoms with E-state index in [0.29, 0.717) is 13.2 Å². The molecule has 1 saturated heterocycles. The molecule has 5 heteroatoms. The summed E-state index contributed by atoms with van der Waals surface area (Å²) in [7, 11) is 1.60. The molecule has 1 fully saturated rings. The van der Waals surface area contributed by atoms with Gasteiger partial charge in [0.15, 0.2) is 0 Å². The van der Waals surface area contributed by atoms with Crippen LogP contribution < -0.4 is 0 Å². The molecule has 0 aliphatic carbocycles. The van der Waals surface area contributed by atoms with Crippen molar-refractivity contribution in [3.05, 3.63) is 10.4 Å². The van der Waals surface area contributed by atoms with Gasteiger partial charge < -0.3 is 9.47 Å². The van der Waals surface area contributed by atoms with Crippen LogP contribution in [0.25, 0.3) is 10.4 Å². The average Bonchev–Trinajstić information content (AvgIpc) is 2.06. The molecule has 0 radical (unpaired) electrons. The summed E-state index contributed by atoms with van der Waals surface area (Å²) in [5.74, 6) is 0. The van der Waals surface area contributed by atoms with Crippen LogP contribution in [-0.2, 0) is 9.47 Å². The zero-order chi connectivity index (χ0) is 8.10. The predicted octanol–water partition coefficient (Wildman–Crippen LogP) is 1.10. The first-order chi connectivity index (χ1) is 5.38. The van der Waals surface area contributed by atoms with Crippen LogP contribution in [0.2, 0.25) is 0 Å². The van der Waals surface area contributed by atoms with Crippen molar-refractivity contribution in [3.8, 4) is 0 Å². The molecule has 0 N–H and O–H groups in total. The van der Waals surface area contributed by atoms with Gasteiger partial charge in [-0.25, -0.2) is 0 Å². The first-order valence-corrected chi connectivity index (χ1v) is 3.53. The van der Waals surface area contributed by atoms with E-state index >= 15 is 0 Å². The second-order valence-corrected chi connectivity index (χ2v) is 2.41. The Morgan fingerprint density at radius 2 is 2.55 bits per heavy atom. The van der Waals surface area contributed by atoms with Crippen LogP contribution in [0.15, 0.2) is 5.11 Å². The molecule has 0 bridgehead atoms. The molecule has 2 unspecified atom stereocenters. The fraction of sp³-hybridized carbons (Fsp3) is 1.00. The average molecular weight is 157 g/mol. The summed E-state index contributed by atoms with van der Waals surface area (Å²) in [4.78, 5) is 2.75. The number of nitrogens with zero attached hydrogens (tertiary/aromatic N) is 3. The highest BCUT2D eigenvalue weighted by molar-refractivity contribution is 4.80. The van der Waals surface area contributed by atoms with E-state index in [-0.39, 0.29) is 12.1 Å². The quantitative estimate of drug-likeness (QED) is 0.342. The Morgan fingerprint density at radius 1 is 1.73 bits per heavy atom. The fourth-order valence-corrected chi connectivity index (χ4v) is 1.12. The molecule has 0 aromatic rings. The van der Waals surface area contributed by atoms with Crippen molar-refractivity contribution in [1.82, 2.24) is 0 Å². The monoisotopic (exact) mass is 157 g/mol. The summed E-state index contributed by atoms with van der Waals surface area (Å²) in [5.41, 5.74) is 8.19. The van der Waals surface area contributed by atoms with E-state index < -0.39 is 0 Å². The Balaban J connectivity index is 2.50. The normalized spacial score (nSPS) is 31.0. The molecule has 0 aromatic heterocycles. The molecular weight excluding hydrogens is 146 g/mol. The third kappa shape index (κ3) is 2.08. The maximum Gasteiger partial charge on any atom is 0.0890 e. The van der Waals surface area contributed by atoms with E-state index in [9.17, 15) is 0 Å². The van der Waals surface area contributed by atoms with Crippen LogP contribution in [0, 0.1) is 0 Å². The minimum atomic E-state index is -0.0698. The smallest absolute Gasteiger partial charge is 0.0890 e. The molecule has 2 atom stereocenters. The van der Waals surface area contributed by atoms with Crippen molar-refractivity contribution < 1.29 is 9.47 Å². The second-order valence-electron chi connectivity index (χ2n) is 2.41. The molecule has 0 saturated carbocycles. The van der Waals surface area contributed by atoms with Gasteiger partial charge in [-0.05, 0) is 12.0 Å². The highest BCUT2D eigenvalue weighted by atomic mass is 16.5. The lowest BCUT2D eigenvalue weighted by molar-refractivity contribution is -0.0410. The lowest BCUT2D eigenvalue weighted by Crippen LogP contribution is -2.36. The number of azide groups is 1. The van der Waals surface area contributed by atoms with Gasteiger partial charge in [0.25, 0.3) is 0 Å². The summed E-state index contributed by atoms with van der Waals surface area (Å²) in [5, 5.41) is 3.61. The second kappa shape index (κ2) is 4.18. The summed E-state index contributed by atoms with van der Waals surface area (Å²) in [6.07, 6.45) is 0.683. The molecule has 1 aliphatic rings. The number of ether oxygens (including phenoxy) is 2. The standard InChI is InChI=1S/C6H11N3O2/c1-10-6-4-11-3-2-5(6)8-9-7/h5-6H,2-4H2,1H3. The maximum absolute atomic E-state index is 8.19. The van der Waals surface area contributed by atoms with Gasteiger partial charge in [0.05, 0.1) is 18.8 Å². The Hall–Kier alpha value is -0.770. The van der Waals surface area contributed by atoms with Crippen LogP contribution in [-0.4, -0.2) is 32.5 Å². The van der Waals surface area contributed by atoms with Gasteiger partial charge in [0, 0.05) is 18.6 Å². The van der Waals surface area contributed by atoms with Crippen molar-refractivity contribution in [2.24, 2.45) is 5.11 Å². The van der Waals surface area contributed by atoms with Crippen LogP contribution in [0.4, 0.5) is 0 Å². The van der Waals surface area contributed by atoms with Gasteiger partial charge in [-0.1, -0.05) is 5.11 Å². The van der Waals surface area contributed by atoms with Crippen molar-refractivity contribution in [1.29, 1.82) is 0 Å². The van der Waals surface area contributed by atoms with Gasteiger partial charge in [0.2, 0.25) is 0 Å². The fourth-order valence-electron chi connectivity index (χ4n) is 1.12. The first-order valence-electron chi connectivity index (χ1n) is 3.53. The largest absolute Gasteiger partial charge is 0.379 e. The Morgan fingerprint density at radius 3 is 3.18 bits per heavy atom. The molecule has 0 spiro atoms. The molecular formula is C6H11N3O2. The third-order valence-electron chi connectivity index (χ3n) is 1.77. The minimum Gasteiger partial charge on any atom is -0.379 e. The Bertz CT molecular complexity index is 167. The highest BCUT2D eigenvalue weighted by Crippen LogP contribution is 2.13. The topological polar surface area (TPSA) is 67.2 Å². The molecule has 5 nitrogen and oxygen atoms in total. The minimum absolute atomic E-state index is 0.0567. The number of hydrogen-bond acceptors (Lipinski definition) is 3. The summed E-state index contributed by atoms with van der Waals surface area (Å²) in [6, 6.07) is -0.0567. The Kier molecular flexibility index (Phi) is 3.16. The zero-order valence-corrected chi connectivity index (χ0v) is 6.43. The molecule has 0 amide bonds. The van der Waals surface area contributed by atoms with E-state index in [2.05, 4.69) is 10.0 Å². The molecule has 1 aliphatic heterocycles. The maximum atomic E-state index is 8.19. The van der Waals surface area contributed by atoms with Gasteiger partial charge in [0.1, 0.15) is 0 Å². The molecule has 0 aromatic carbocycles. The lowest BCUT2D eigenvalue weighted by atomic mass is 10.1. The van der Waals surface area contributed by atoms with E-state index in [1.807, 2.05) is 0 Å². The van der Waals surface area contributed by atoms with Crippen molar-refractivity contribution in [2.75, 3.05) is 20.3 Å². The van der Waals surface area contributed by atoms with Gasteiger partial charge in [-0.2, -0.15) is 0 Å². The van der Waals surface area contributed by atoms with E-state index in [1.54, 1.807) is 7.11 Å². The number of rotatable bonds is 2. The molecule has 62 valence electrons. The lowest BCUT2D eigenvalue weighted by Gasteiger charge is -2.26. The van der Waals surface area contributed by atoms with Crippen LogP contribution in [0.5, 0.6) is 0 Å². The zero-order valence-electron chi connectivity index (χ0n) is 6.43. The van der Waals surface area contributed by atoms with Crippen molar-refractivity contribution >= 4 is 0 Å². The molecule has 11 heavy (non-hydrogen) atoms. The van der Waals surface area contributed by atoms with Crippen LogP contribution >= 0.6 is 0 Å². The van der Waals surface area contributed by atoms with Crippen LogP contribution in [0.3, 0.4) is 0 Å². The number of methoxy groups -OCH3 is 1. The van der Waals surface area contributed by atoms with Gasteiger partial charge in [-0.15, -0.1) is 0 Å². The van der Waals surface area contributed by atoms with Crippen molar-refractivity contribution in [2.45, 2.75) is 18.6 Å². The van der Waals surface area contributed by atoms with E-state index in [0.717, 1.165) is 6.42 Å².